The number of H-pyrrole nitrogens is 1. The minimum atomic E-state index is -3.31. The van der Waals surface area contributed by atoms with Gasteiger partial charge in [-0.25, -0.2) is 4.79 Å². The van der Waals surface area contributed by atoms with Gasteiger partial charge in [0.2, 0.25) is 5.60 Å². The maximum absolute atomic E-state index is 15.7. The van der Waals surface area contributed by atoms with Crippen LogP contribution >= 0.6 is 7.60 Å². The minimum Gasteiger partial charge on any atom is -0.496 e. The van der Waals surface area contributed by atoms with Crippen LogP contribution in [0.2, 0.25) is 0 Å². The zero-order chi connectivity index (χ0) is 50.2. The molecule has 70 heavy (non-hydrogen) atoms. The number of hydrogen-bond acceptors (Lipinski definition) is 16. The molecule has 18 heteroatoms. The lowest BCUT2D eigenvalue weighted by molar-refractivity contribution is -0.228. The molecule has 0 radical (unpaired) electrons. The number of benzene rings is 2. The van der Waals surface area contributed by atoms with Gasteiger partial charge in [0.25, 0.3) is 0 Å². The third kappa shape index (κ3) is 7.45. The van der Waals surface area contributed by atoms with Crippen LogP contribution < -0.4 is 15.0 Å². The van der Waals surface area contributed by atoms with Crippen molar-refractivity contribution in [3.63, 3.8) is 0 Å². The van der Waals surface area contributed by atoms with Crippen LogP contribution in [-0.4, -0.2) is 159 Å². The molecule has 2 bridgehead atoms. The summed E-state index contributed by atoms with van der Waals surface area (Å²) in [6, 6.07) is 8.67. The Morgan fingerprint density at radius 1 is 0.929 bits per heavy atom. The summed E-state index contributed by atoms with van der Waals surface area (Å²) >= 11 is 0. The fourth-order valence-electron chi connectivity index (χ4n) is 14.6. The van der Waals surface area contributed by atoms with Crippen LogP contribution in [0, 0.1) is 11.3 Å². The highest BCUT2D eigenvalue weighted by molar-refractivity contribution is 7.53. The van der Waals surface area contributed by atoms with Gasteiger partial charge >= 0.3 is 25.5 Å². The largest absolute Gasteiger partial charge is 0.496 e. The van der Waals surface area contributed by atoms with E-state index in [1.165, 1.54) is 21.1 Å². The average Bonchev–Trinajstić information content (AvgIpc) is 4.00. The van der Waals surface area contributed by atoms with Crippen LogP contribution in [0.25, 0.3) is 10.9 Å². The Morgan fingerprint density at radius 3 is 2.33 bits per heavy atom. The van der Waals surface area contributed by atoms with Crippen LogP contribution in [-0.2, 0) is 59.5 Å². The van der Waals surface area contributed by atoms with E-state index in [1.807, 2.05) is 56.1 Å². The fourth-order valence-corrected chi connectivity index (χ4v) is 16.1. The Balaban J connectivity index is 1.29. The molecule has 2 saturated heterocycles. The summed E-state index contributed by atoms with van der Waals surface area (Å²) in [6.45, 7) is 12.7. The van der Waals surface area contributed by atoms with Crippen LogP contribution in [0.5, 0.6) is 5.75 Å². The Morgan fingerprint density at radius 2 is 1.67 bits per heavy atom. The van der Waals surface area contributed by atoms with E-state index < -0.39 is 65.1 Å². The first-order valence-electron chi connectivity index (χ1n) is 25.1. The number of nitrogens with zero attached hydrogens (tertiary/aromatic N) is 3. The Labute approximate surface area is 411 Å². The van der Waals surface area contributed by atoms with E-state index in [0.717, 1.165) is 27.7 Å². The summed E-state index contributed by atoms with van der Waals surface area (Å²) in [6.07, 6.45) is 5.69. The Kier molecular flexibility index (Phi) is 13.4. The van der Waals surface area contributed by atoms with Crippen molar-refractivity contribution in [2.45, 2.75) is 113 Å². The molecule has 382 valence electrons. The van der Waals surface area contributed by atoms with E-state index in [-0.39, 0.29) is 37.8 Å². The van der Waals surface area contributed by atoms with Crippen molar-refractivity contribution in [2.75, 3.05) is 97.2 Å². The van der Waals surface area contributed by atoms with E-state index in [9.17, 15) is 24.4 Å². The highest BCUT2D eigenvalue weighted by atomic mass is 31.2. The number of piperidine rings is 1. The summed E-state index contributed by atoms with van der Waals surface area (Å²) < 4.78 is 48.7. The molecule has 1 unspecified atom stereocenters. The van der Waals surface area contributed by atoms with Crippen LogP contribution in [0.15, 0.2) is 42.5 Å². The van der Waals surface area contributed by atoms with Gasteiger partial charge in [-0.15, -0.1) is 0 Å². The fraction of sp³-hybridized carbons (Fsp3) is 0.635. The highest BCUT2D eigenvalue weighted by Gasteiger charge is 2.80. The normalized spacial score (nSPS) is 33.2. The van der Waals surface area contributed by atoms with Crippen LogP contribution in [0.3, 0.4) is 0 Å². The molecule has 3 fully saturated rings. The van der Waals surface area contributed by atoms with Gasteiger partial charge < -0.3 is 53.4 Å². The molecule has 9 rings (SSSR count). The van der Waals surface area contributed by atoms with E-state index in [0.29, 0.717) is 94.1 Å². The van der Waals surface area contributed by atoms with Crippen molar-refractivity contribution in [3.05, 3.63) is 64.9 Å². The maximum Gasteiger partial charge on any atom is 0.344 e. The number of fused-ring (bicyclic) bond motifs is 6. The van der Waals surface area contributed by atoms with Gasteiger partial charge in [-0.1, -0.05) is 26.0 Å². The predicted octanol–water partition coefficient (Wildman–Crippen LogP) is 5.67. The average molecular weight is 990 g/mol. The molecule has 5 aliphatic heterocycles. The first kappa shape index (κ1) is 50.5. The van der Waals surface area contributed by atoms with Gasteiger partial charge in [0.05, 0.1) is 52.3 Å². The monoisotopic (exact) mass is 989 g/mol. The summed E-state index contributed by atoms with van der Waals surface area (Å²) in [5.74, 6) is -1.80. The van der Waals surface area contributed by atoms with Gasteiger partial charge in [-0.05, 0) is 100 Å². The van der Waals surface area contributed by atoms with E-state index in [4.69, 9.17) is 28.0 Å². The number of aliphatic hydroxyl groups is 2. The second kappa shape index (κ2) is 18.5. The predicted molar refractivity (Wildman–Crippen MR) is 265 cm³/mol. The second-order valence-corrected chi connectivity index (χ2v) is 22.7. The van der Waals surface area contributed by atoms with Gasteiger partial charge in [0, 0.05) is 103 Å². The zero-order valence-corrected chi connectivity index (χ0v) is 43.1. The van der Waals surface area contributed by atoms with Crippen molar-refractivity contribution >= 4 is 47.8 Å². The third-order valence-electron chi connectivity index (χ3n) is 17.1. The van der Waals surface area contributed by atoms with Crippen molar-refractivity contribution < 1.29 is 57.2 Å². The third-order valence-corrected chi connectivity index (χ3v) is 19.1. The lowest BCUT2D eigenvalue weighted by atomic mass is 9.47. The van der Waals surface area contributed by atoms with E-state index >= 15 is 4.79 Å². The number of aromatic amines is 1. The van der Waals surface area contributed by atoms with E-state index in [1.54, 1.807) is 21.0 Å². The number of anilines is 2. The molecule has 3 aromatic rings. The van der Waals surface area contributed by atoms with Crippen molar-refractivity contribution in [1.82, 2.24) is 14.8 Å². The highest BCUT2D eigenvalue weighted by Crippen LogP contribution is 2.68. The molecule has 2 aromatic carbocycles. The van der Waals surface area contributed by atoms with Gasteiger partial charge in [0.1, 0.15) is 11.2 Å². The molecule has 1 aliphatic carbocycles. The lowest BCUT2D eigenvalue weighted by Crippen LogP contribution is -2.81. The first-order valence-corrected chi connectivity index (χ1v) is 26.8. The number of methoxy groups -OCH3 is 3. The smallest absolute Gasteiger partial charge is 0.344 e. The molecule has 0 amide bonds. The van der Waals surface area contributed by atoms with Crippen molar-refractivity contribution in [2.24, 2.45) is 11.3 Å². The van der Waals surface area contributed by atoms with Crippen LogP contribution in [0.1, 0.15) is 89.1 Å². The SMILES string of the molecule is CCOP(=O)(CCNc1ccc2[nH]c3c(c2c1)CCN1C[C@@H](C[C@@](O)(CC)C1)C[C@]3(C(=O)OC)c1cc2c(cc1OC)N(C)[C@H]1[C@@](O)(C(=O)OC)[C@H](OC(C)=O)[C@]3(CC)C=CCN4CC[C@]21[C@@H]43)OCC. The van der Waals surface area contributed by atoms with Gasteiger partial charge in [-0.2, -0.15) is 0 Å². The molecule has 10 atom stereocenters. The number of nitrogens with one attached hydrogen (secondary N) is 2. The Hall–Kier alpha value is -4.48. The summed E-state index contributed by atoms with van der Waals surface area (Å²) in [4.78, 5) is 53.7. The molecule has 1 spiro atoms. The number of carbonyl (C=O) groups is 3. The van der Waals surface area contributed by atoms with Crippen LogP contribution in [0.4, 0.5) is 11.4 Å². The number of carbonyl (C=O) groups excluding carboxylic acids is 3. The minimum absolute atomic E-state index is 0.172. The molecule has 6 aliphatic rings. The maximum atomic E-state index is 15.7. The zero-order valence-electron chi connectivity index (χ0n) is 42.2. The molecular weight excluding hydrogens is 918 g/mol. The summed E-state index contributed by atoms with van der Waals surface area (Å²) in [5.41, 5.74) is -1.61. The topological polar surface area (TPSA) is 202 Å². The molecule has 1 saturated carbocycles. The molecule has 6 heterocycles. The van der Waals surface area contributed by atoms with Gasteiger partial charge in [0.15, 0.2) is 6.10 Å². The standard InChI is InChI=1S/C52H72N5O12P/c1-10-48(61)28-33-29-51(46(59)65-8,42-35(17-22-56(30-33)31-48)36-25-34(15-16-39(36)54-42)53-20-24-70(63,67-12-3)68-13-4)38-26-37-40(27-41(38)64-7)55(6)44-50(37)19-23-57-21-14-18-49(11-2,43(50)57)45(69-32(5)58)52(44,62)47(60)66-9/h14-16,18,25-27,33,43-45,53-54,61-62H,10-13,17,19-24,28-31H2,1-9H3/t33-,43-,44+,45+,48-,49+,50+,51-,52-/m0/s1. The number of ether oxygens (including phenoxy) is 4. The number of esters is 3. The number of likely N-dealkylation sites (N-methyl/N-ethyl adjacent to an activating group) is 1. The number of rotatable bonds is 15. The second-order valence-electron chi connectivity index (χ2n) is 20.5. The molecular formula is C52H72N5O12P. The van der Waals surface area contributed by atoms with Crippen molar-refractivity contribution in [3.8, 4) is 5.75 Å². The molecule has 17 nitrogen and oxygen atoms in total. The number of hydrogen-bond donors (Lipinski definition) is 4. The molecule has 1 aromatic heterocycles. The van der Waals surface area contributed by atoms with Crippen molar-refractivity contribution in [1.29, 1.82) is 0 Å². The van der Waals surface area contributed by atoms with E-state index in [2.05, 4.69) is 32.2 Å². The quantitative estimate of drug-likeness (QED) is 0.0628. The lowest BCUT2D eigenvalue weighted by Gasteiger charge is -2.63. The molecule has 4 N–H and O–H groups in total. The Bertz CT molecular complexity index is 2610. The number of aromatic nitrogens is 1. The van der Waals surface area contributed by atoms with Gasteiger partial charge in [-0.3, -0.25) is 24.0 Å². The first-order chi connectivity index (χ1) is 33.4. The summed E-state index contributed by atoms with van der Waals surface area (Å²) in [7, 11) is 2.77. The summed E-state index contributed by atoms with van der Waals surface area (Å²) in [5, 5.41) is 30.0.